The van der Waals surface area contributed by atoms with Crippen molar-refractivity contribution in [3.05, 3.63) is 29.3 Å². The highest BCUT2D eigenvalue weighted by Gasteiger charge is 2.37. The van der Waals surface area contributed by atoms with Crippen LogP contribution >= 0.6 is 12.4 Å². The Kier molecular flexibility index (Phi) is 5.28. The molecule has 2 N–H and O–H groups in total. The fraction of sp³-hybridized carbons (Fsp3) is 0.500. The molecule has 2 rings (SSSR count). The van der Waals surface area contributed by atoms with Crippen LogP contribution in [-0.2, 0) is 11.0 Å². The van der Waals surface area contributed by atoms with Gasteiger partial charge in [0.1, 0.15) is 0 Å². The minimum absolute atomic E-state index is 0. The molecule has 0 aromatic heterocycles. The van der Waals surface area contributed by atoms with Crippen LogP contribution in [0.2, 0.25) is 0 Å². The molecule has 0 bridgehead atoms. The van der Waals surface area contributed by atoms with Gasteiger partial charge in [-0.1, -0.05) is 6.07 Å². The summed E-state index contributed by atoms with van der Waals surface area (Å²) in [5, 5.41) is 5.72. The third kappa shape index (κ3) is 3.89. The summed E-state index contributed by atoms with van der Waals surface area (Å²) in [4.78, 5) is 12.2. The van der Waals surface area contributed by atoms with Crippen LogP contribution in [0.5, 0.6) is 0 Å². The van der Waals surface area contributed by atoms with Crippen molar-refractivity contribution < 1.29 is 18.0 Å². The fourth-order valence-electron chi connectivity index (χ4n) is 2.22. The molecule has 1 aliphatic rings. The van der Waals surface area contributed by atoms with Gasteiger partial charge in [-0.25, -0.2) is 0 Å². The molecule has 1 unspecified atom stereocenters. The van der Waals surface area contributed by atoms with Crippen LogP contribution in [0.1, 0.15) is 24.5 Å². The number of anilines is 1. The first-order valence-electron chi connectivity index (χ1n) is 6.42. The number of rotatable bonds is 2. The molecule has 21 heavy (non-hydrogen) atoms. The molecule has 0 saturated carbocycles. The van der Waals surface area contributed by atoms with Crippen molar-refractivity contribution in [1.29, 1.82) is 0 Å². The van der Waals surface area contributed by atoms with Crippen LogP contribution in [0.15, 0.2) is 18.2 Å². The van der Waals surface area contributed by atoms with Gasteiger partial charge in [0.15, 0.2) is 0 Å². The molecule has 0 radical (unpaired) electrons. The number of carbonyl (C=O) groups is 1. The predicted molar refractivity (Wildman–Crippen MR) is 77.7 cm³/mol. The summed E-state index contributed by atoms with van der Waals surface area (Å²) in [6.07, 6.45) is -3.73. The molecule has 1 atom stereocenters. The molecule has 1 aliphatic heterocycles. The van der Waals surface area contributed by atoms with E-state index in [0.717, 1.165) is 18.7 Å². The first kappa shape index (κ1) is 17.8. The Morgan fingerprint density at radius 1 is 1.38 bits per heavy atom. The Balaban J connectivity index is 0.00000220. The number of alkyl halides is 3. The van der Waals surface area contributed by atoms with Crippen LogP contribution < -0.4 is 10.6 Å². The molecule has 1 heterocycles. The van der Waals surface area contributed by atoms with Crippen molar-refractivity contribution in [2.24, 2.45) is 5.41 Å². The Morgan fingerprint density at radius 3 is 2.57 bits per heavy atom. The van der Waals surface area contributed by atoms with Crippen molar-refractivity contribution in [3.63, 3.8) is 0 Å². The second-order valence-corrected chi connectivity index (χ2v) is 5.47. The second-order valence-electron chi connectivity index (χ2n) is 5.47. The van der Waals surface area contributed by atoms with Crippen LogP contribution in [-0.4, -0.2) is 19.0 Å². The van der Waals surface area contributed by atoms with Gasteiger partial charge in [0.25, 0.3) is 0 Å². The van der Waals surface area contributed by atoms with Crippen molar-refractivity contribution >= 4 is 24.0 Å². The molecular weight excluding hydrogens is 305 g/mol. The SMILES string of the molecule is Cc1ccc(C(F)(F)F)cc1NC(=O)C1(C)CCNC1.Cl. The van der Waals surface area contributed by atoms with Crippen molar-refractivity contribution in [2.75, 3.05) is 18.4 Å². The van der Waals surface area contributed by atoms with Gasteiger partial charge >= 0.3 is 6.18 Å². The van der Waals surface area contributed by atoms with E-state index >= 15 is 0 Å². The summed E-state index contributed by atoms with van der Waals surface area (Å²) in [6.45, 7) is 4.76. The lowest BCUT2D eigenvalue weighted by molar-refractivity contribution is -0.137. The van der Waals surface area contributed by atoms with Crippen LogP contribution in [0.25, 0.3) is 0 Å². The quantitative estimate of drug-likeness (QED) is 0.876. The van der Waals surface area contributed by atoms with E-state index in [2.05, 4.69) is 10.6 Å². The number of nitrogens with one attached hydrogen (secondary N) is 2. The zero-order valence-corrected chi connectivity index (χ0v) is 12.6. The number of hydrogen-bond acceptors (Lipinski definition) is 2. The lowest BCUT2D eigenvalue weighted by Crippen LogP contribution is -2.35. The van der Waals surface area contributed by atoms with Crippen LogP contribution in [0.4, 0.5) is 18.9 Å². The van der Waals surface area contributed by atoms with E-state index in [1.54, 1.807) is 6.92 Å². The van der Waals surface area contributed by atoms with Crippen LogP contribution in [0.3, 0.4) is 0 Å². The third-order valence-electron chi connectivity index (χ3n) is 3.73. The monoisotopic (exact) mass is 322 g/mol. The fourth-order valence-corrected chi connectivity index (χ4v) is 2.22. The Bertz CT molecular complexity index is 525. The molecule has 1 aromatic rings. The molecule has 7 heteroatoms. The average molecular weight is 323 g/mol. The van der Waals surface area contributed by atoms with Crippen molar-refractivity contribution in [2.45, 2.75) is 26.4 Å². The number of benzene rings is 1. The van der Waals surface area contributed by atoms with E-state index in [-0.39, 0.29) is 24.0 Å². The predicted octanol–water partition coefficient (Wildman–Crippen LogP) is 3.37. The minimum Gasteiger partial charge on any atom is -0.325 e. The number of aryl methyl sites for hydroxylation is 1. The molecule has 1 aromatic carbocycles. The zero-order valence-electron chi connectivity index (χ0n) is 11.8. The third-order valence-corrected chi connectivity index (χ3v) is 3.73. The Labute approximate surface area is 127 Å². The van der Waals surface area contributed by atoms with Gasteiger partial charge in [-0.15, -0.1) is 12.4 Å². The standard InChI is InChI=1S/C14H17F3N2O.ClH/c1-9-3-4-10(14(15,16)17)7-11(9)19-12(20)13(2)5-6-18-8-13;/h3-4,7,18H,5-6,8H2,1-2H3,(H,19,20);1H. The topological polar surface area (TPSA) is 41.1 Å². The smallest absolute Gasteiger partial charge is 0.325 e. The molecule has 3 nitrogen and oxygen atoms in total. The van der Waals surface area contributed by atoms with E-state index in [1.165, 1.54) is 6.07 Å². The molecular formula is C14H18ClF3N2O. The molecule has 118 valence electrons. The molecule has 0 spiro atoms. The number of amides is 1. The van der Waals surface area contributed by atoms with Gasteiger partial charge in [-0.2, -0.15) is 13.2 Å². The maximum atomic E-state index is 12.7. The summed E-state index contributed by atoms with van der Waals surface area (Å²) < 4.78 is 38.1. The van der Waals surface area contributed by atoms with Gasteiger partial charge in [0.2, 0.25) is 5.91 Å². The van der Waals surface area contributed by atoms with Gasteiger partial charge in [0.05, 0.1) is 11.0 Å². The normalized spacial score (nSPS) is 21.8. The number of halogens is 4. The van der Waals surface area contributed by atoms with E-state index in [9.17, 15) is 18.0 Å². The summed E-state index contributed by atoms with van der Waals surface area (Å²) >= 11 is 0. The Hall–Kier alpha value is -1.27. The average Bonchev–Trinajstić information content (AvgIpc) is 2.79. The lowest BCUT2D eigenvalue weighted by Gasteiger charge is -2.22. The van der Waals surface area contributed by atoms with Crippen molar-refractivity contribution in [1.82, 2.24) is 5.32 Å². The molecule has 0 aliphatic carbocycles. The molecule has 1 amide bonds. The first-order chi connectivity index (χ1) is 9.22. The van der Waals surface area contributed by atoms with E-state index in [0.29, 0.717) is 18.5 Å². The minimum atomic E-state index is -4.41. The summed E-state index contributed by atoms with van der Waals surface area (Å²) in [6, 6.07) is 3.37. The van der Waals surface area contributed by atoms with E-state index in [4.69, 9.17) is 0 Å². The summed E-state index contributed by atoms with van der Waals surface area (Å²) in [5.74, 6) is -0.245. The molecule has 1 fully saturated rings. The maximum Gasteiger partial charge on any atom is 0.416 e. The van der Waals surface area contributed by atoms with Gasteiger partial charge in [0, 0.05) is 12.2 Å². The maximum absolute atomic E-state index is 12.7. The van der Waals surface area contributed by atoms with Gasteiger partial charge < -0.3 is 10.6 Å². The Morgan fingerprint density at radius 2 is 2.05 bits per heavy atom. The molecule has 1 saturated heterocycles. The van der Waals surface area contributed by atoms with E-state index < -0.39 is 17.2 Å². The van der Waals surface area contributed by atoms with Crippen molar-refractivity contribution in [3.8, 4) is 0 Å². The second kappa shape index (κ2) is 6.23. The first-order valence-corrected chi connectivity index (χ1v) is 6.42. The summed E-state index contributed by atoms with van der Waals surface area (Å²) in [7, 11) is 0. The van der Waals surface area contributed by atoms with Gasteiger partial charge in [-0.3, -0.25) is 4.79 Å². The number of carbonyl (C=O) groups excluding carboxylic acids is 1. The highest BCUT2D eigenvalue weighted by Crippen LogP contribution is 2.33. The summed E-state index contributed by atoms with van der Waals surface area (Å²) in [5.41, 5.74) is -0.493. The van der Waals surface area contributed by atoms with Crippen LogP contribution in [0, 0.1) is 12.3 Å². The highest BCUT2D eigenvalue weighted by molar-refractivity contribution is 5.96. The largest absolute Gasteiger partial charge is 0.416 e. The lowest BCUT2D eigenvalue weighted by atomic mass is 9.88. The zero-order chi connectivity index (χ0) is 15.0. The van der Waals surface area contributed by atoms with E-state index in [1.807, 2.05) is 6.92 Å². The highest BCUT2D eigenvalue weighted by atomic mass is 35.5. The van der Waals surface area contributed by atoms with Gasteiger partial charge in [-0.05, 0) is 44.5 Å². The number of hydrogen-bond donors (Lipinski definition) is 2.